The molecule has 0 aromatic heterocycles. The van der Waals surface area contributed by atoms with E-state index < -0.39 is 5.78 Å². The highest BCUT2D eigenvalue weighted by atomic mass is 16.5. The topological polar surface area (TPSA) is 46.5 Å². The smallest absolute Gasteiger partial charge is 0.226 e. The van der Waals surface area contributed by atoms with E-state index in [0.29, 0.717) is 24.4 Å². The maximum absolute atomic E-state index is 10.9. The van der Waals surface area contributed by atoms with Crippen LogP contribution < -0.4 is 0 Å². The number of ketones is 1. The second kappa shape index (κ2) is 2.78. The van der Waals surface area contributed by atoms with Crippen LogP contribution in [0.15, 0.2) is 23.7 Å². The third-order valence-electron chi connectivity index (χ3n) is 1.49. The van der Waals surface area contributed by atoms with Crippen molar-refractivity contribution >= 4 is 5.78 Å². The molecular weight excluding hydrogens is 144 g/mol. The highest BCUT2D eigenvalue weighted by Gasteiger charge is 2.27. The van der Waals surface area contributed by atoms with E-state index in [4.69, 9.17) is 9.84 Å². The number of ether oxygens (including phenoxy) is 1. The summed E-state index contributed by atoms with van der Waals surface area (Å²) in [4.78, 5) is 10.9. The fourth-order valence-electron chi connectivity index (χ4n) is 0.946. The zero-order valence-electron chi connectivity index (χ0n) is 6.39. The summed E-state index contributed by atoms with van der Waals surface area (Å²) in [6.45, 7) is 5.74. The fraction of sp³-hybridized carbons (Fsp3) is 0.375. The first kappa shape index (κ1) is 7.85. The quantitative estimate of drug-likeness (QED) is 0.610. The highest BCUT2D eigenvalue weighted by molar-refractivity contribution is 6.09. The second-order valence-corrected chi connectivity index (χ2v) is 2.31. The van der Waals surface area contributed by atoms with Gasteiger partial charge in [0.05, 0.1) is 6.61 Å². The van der Waals surface area contributed by atoms with Crippen molar-refractivity contribution in [2.45, 2.75) is 13.3 Å². The van der Waals surface area contributed by atoms with Crippen LogP contribution in [0.5, 0.6) is 0 Å². The predicted molar refractivity (Wildman–Crippen MR) is 40.0 cm³/mol. The first-order valence-corrected chi connectivity index (χ1v) is 3.44. The number of Topliss-reactive ketones (excluding diaryl/α,β-unsaturated/α-hetero) is 1. The van der Waals surface area contributed by atoms with Crippen LogP contribution in [0.4, 0.5) is 0 Å². The van der Waals surface area contributed by atoms with E-state index in [1.807, 2.05) is 0 Å². The van der Waals surface area contributed by atoms with Gasteiger partial charge in [-0.25, -0.2) is 0 Å². The molecule has 1 rings (SSSR count). The number of hydrogen-bond donors (Lipinski definition) is 1. The summed E-state index contributed by atoms with van der Waals surface area (Å²) in [6, 6.07) is 0. The minimum atomic E-state index is -0.395. The highest BCUT2D eigenvalue weighted by Crippen LogP contribution is 2.25. The average molecular weight is 154 g/mol. The Labute approximate surface area is 65.0 Å². The maximum Gasteiger partial charge on any atom is 0.226 e. The van der Waals surface area contributed by atoms with Gasteiger partial charge in [-0.3, -0.25) is 4.79 Å². The van der Waals surface area contributed by atoms with Crippen molar-refractivity contribution in [1.29, 1.82) is 0 Å². The van der Waals surface area contributed by atoms with Gasteiger partial charge in [-0.2, -0.15) is 0 Å². The molecule has 60 valence electrons. The van der Waals surface area contributed by atoms with Crippen molar-refractivity contribution in [2.24, 2.45) is 0 Å². The molecular formula is C8H10O3. The number of aliphatic hydroxyl groups excluding tert-OH is 1. The normalized spacial score (nSPS) is 17.9. The van der Waals surface area contributed by atoms with E-state index in [2.05, 4.69) is 6.58 Å². The van der Waals surface area contributed by atoms with Crippen molar-refractivity contribution in [2.75, 3.05) is 6.61 Å². The number of aliphatic hydroxyl groups is 1. The zero-order chi connectivity index (χ0) is 8.43. The lowest BCUT2D eigenvalue weighted by Crippen LogP contribution is -1.97. The molecule has 0 saturated carbocycles. The van der Waals surface area contributed by atoms with Gasteiger partial charge in [0.2, 0.25) is 11.5 Å². The van der Waals surface area contributed by atoms with E-state index in [0.717, 1.165) is 0 Å². The van der Waals surface area contributed by atoms with Gasteiger partial charge in [0, 0.05) is 12.0 Å². The predicted octanol–water partition coefficient (Wildman–Crippen LogP) is 1.32. The summed E-state index contributed by atoms with van der Waals surface area (Å²) in [7, 11) is 0. The van der Waals surface area contributed by atoms with Gasteiger partial charge in [0.1, 0.15) is 5.76 Å². The minimum absolute atomic E-state index is 0.281. The molecule has 3 heteroatoms. The Kier molecular flexibility index (Phi) is 1.98. The van der Waals surface area contributed by atoms with E-state index >= 15 is 0 Å². The summed E-state index contributed by atoms with van der Waals surface area (Å²) in [5.41, 5.74) is 0.394. The van der Waals surface area contributed by atoms with E-state index in [-0.39, 0.29) is 5.76 Å². The Morgan fingerprint density at radius 1 is 1.73 bits per heavy atom. The number of carbonyl (C=O) groups is 1. The van der Waals surface area contributed by atoms with E-state index in [1.54, 1.807) is 6.92 Å². The largest absolute Gasteiger partial charge is 0.502 e. The molecule has 0 saturated heterocycles. The Hall–Kier alpha value is -1.25. The lowest BCUT2D eigenvalue weighted by Gasteiger charge is -2.00. The summed E-state index contributed by atoms with van der Waals surface area (Å²) in [5.74, 6) is -0.326. The molecule has 1 aliphatic rings. The third-order valence-corrected chi connectivity index (χ3v) is 1.49. The van der Waals surface area contributed by atoms with Crippen LogP contribution in [0.2, 0.25) is 0 Å². The molecule has 0 fully saturated rings. The lowest BCUT2D eigenvalue weighted by atomic mass is 10.2. The first-order chi connectivity index (χ1) is 5.16. The maximum atomic E-state index is 10.9. The Morgan fingerprint density at radius 3 is 2.73 bits per heavy atom. The molecule has 0 heterocycles. The Bertz CT molecular complexity index is 238. The molecule has 0 unspecified atom stereocenters. The molecule has 0 aromatic rings. The molecule has 11 heavy (non-hydrogen) atoms. The molecule has 0 radical (unpaired) electrons. The van der Waals surface area contributed by atoms with Crippen molar-refractivity contribution in [3.05, 3.63) is 23.7 Å². The summed E-state index contributed by atoms with van der Waals surface area (Å²) < 4.78 is 5.00. The van der Waals surface area contributed by atoms with Gasteiger partial charge in [-0.05, 0) is 6.92 Å². The van der Waals surface area contributed by atoms with Crippen LogP contribution in [-0.4, -0.2) is 17.5 Å². The number of rotatable bonds is 2. The van der Waals surface area contributed by atoms with Crippen molar-refractivity contribution in [1.82, 2.24) is 0 Å². The molecule has 0 atom stereocenters. The standard InChI is InChI=1S/C8H10O3/c1-3-11-6-4-5(2)7(9)8(6)10/h10H,2-4H2,1H3. The number of carbonyl (C=O) groups excluding carboxylic acids is 1. The SMILES string of the molecule is C=C1CC(OCC)=C(O)C1=O. The van der Waals surface area contributed by atoms with Gasteiger partial charge >= 0.3 is 0 Å². The van der Waals surface area contributed by atoms with Crippen LogP contribution in [0.3, 0.4) is 0 Å². The van der Waals surface area contributed by atoms with E-state index in [9.17, 15) is 4.79 Å². The molecule has 1 aliphatic carbocycles. The van der Waals surface area contributed by atoms with Crippen LogP contribution in [0.1, 0.15) is 13.3 Å². The third kappa shape index (κ3) is 1.27. The minimum Gasteiger partial charge on any atom is -0.502 e. The second-order valence-electron chi connectivity index (χ2n) is 2.31. The van der Waals surface area contributed by atoms with Gasteiger partial charge in [0.15, 0.2) is 0 Å². The monoisotopic (exact) mass is 154 g/mol. The molecule has 0 bridgehead atoms. The summed E-state index contributed by atoms with van der Waals surface area (Å²) in [5, 5.41) is 9.10. The van der Waals surface area contributed by atoms with Crippen molar-refractivity contribution in [3.8, 4) is 0 Å². The molecule has 0 aromatic carbocycles. The van der Waals surface area contributed by atoms with Gasteiger partial charge in [-0.15, -0.1) is 0 Å². The van der Waals surface area contributed by atoms with Crippen molar-refractivity contribution in [3.63, 3.8) is 0 Å². The Balaban J connectivity index is 2.80. The number of allylic oxidation sites excluding steroid dienone is 2. The van der Waals surface area contributed by atoms with Crippen LogP contribution in [0, 0.1) is 0 Å². The molecule has 0 amide bonds. The van der Waals surface area contributed by atoms with Crippen LogP contribution in [0.25, 0.3) is 0 Å². The molecule has 3 nitrogen and oxygen atoms in total. The van der Waals surface area contributed by atoms with Gasteiger partial charge in [-0.1, -0.05) is 6.58 Å². The lowest BCUT2D eigenvalue weighted by molar-refractivity contribution is -0.114. The molecule has 1 N–H and O–H groups in total. The van der Waals surface area contributed by atoms with Crippen LogP contribution in [-0.2, 0) is 9.53 Å². The first-order valence-electron chi connectivity index (χ1n) is 3.44. The molecule has 0 spiro atoms. The van der Waals surface area contributed by atoms with Gasteiger partial charge in [0.25, 0.3) is 0 Å². The van der Waals surface area contributed by atoms with E-state index in [1.165, 1.54) is 0 Å². The summed E-state index contributed by atoms with van der Waals surface area (Å²) in [6.07, 6.45) is 0.346. The summed E-state index contributed by atoms with van der Waals surface area (Å²) >= 11 is 0. The molecule has 0 aliphatic heterocycles. The average Bonchev–Trinajstić information content (AvgIpc) is 2.19. The number of hydrogen-bond acceptors (Lipinski definition) is 3. The van der Waals surface area contributed by atoms with Crippen LogP contribution >= 0.6 is 0 Å². The fourth-order valence-corrected chi connectivity index (χ4v) is 0.946. The van der Waals surface area contributed by atoms with Gasteiger partial charge < -0.3 is 9.84 Å². The zero-order valence-corrected chi connectivity index (χ0v) is 6.39. The Morgan fingerprint density at radius 2 is 2.36 bits per heavy atom. The van der Waals surface area contributed by atoms with Crippen molar-refractivity contribution < 1.29 is 14.6 Å².